The summed E-state index contributed by atoms with van der Waals surface area (Å²) in [4.78, 5) is 22.6. The van der Waals surface area contributed by atoms with E-state index >= 15 is 0 Å². The Morgan fingerprint density at radius 3 is 2.91 bits per heavy atom. The van der Waals surface area contributed by atoms with E-state index in [-0.39, 0.29) is 12.0 Å². The minimum atomic E-state index is -0.945. The zero-order valence-electron chi connectivity index (χ0n) is 6.04. The van der Waals surface area contributed by atoms with Crippen molar-refractivity contribution >= 4 is 23.8 Å². The molecule has 0 rings (SSSR count). The highest BCUT2D eigenvalue weighted by Gasteiger charge is 2.04. The molecule has 0 N–H and O–H groups in total. The molecule has 0 heterocycles. The number of ether oxygens (including phenoxy) is 1. The molecule has 0 aliphatic heterocycles. The van der Waals surface area contributed by atoms with Crippen molar-refractivity contribution in [3.8, 4) is 0 Å². The first-order valence-electron chi connectivity index (χ1n) is 3.09. The van der Waals surface area contributed by atoms with Crippen molar-refractivity contribution in [1.82, 2.24) is 0 Å². The van der Waals surface area contributed by atoms with E-state index in [0.717, 1.165) is 6.08 Å². The lowest BCUT2D eigenvalue weighted by atomic mass is 10.3. The monoisotopic (exact) mass is 177 g/mol. The fourth-order valence-corrected chi connectivity index (χ4v) is 0.412. The number of isocyanates is 1. The predicted octanol–water partition coefficient (Wildman–Crippen LogP) is 1.48. The van der Waals surface area contributed by atoms with Gasteiger partial charge in [0.15, 0.2) is 0 Å². The van der Waals surface area contributed by atoms with Crippen LogP contribution in [0.2, 0.25) is 0 Å². The standard InChI is InChI=1S/C6H8ClNO3/c1-2-5(7)3-11-6(10)8-4-9/h5H,2-3H2,1H3. The van der Waals surface area contributed by atoms with Crippen LogP contribution in [0.15, 0.2) is 4.99 Å². The molecule has 0 saturated carbocycles. The lowest BCUT2D eigenvalue weighted by Gasteiger charge is -2.03. The highest BCUT2D eigenvalue weighted by Crippen LogP contribution is 2.01. The molecule has 0 aromatic rings. The molecular formula is C6H8ClNO3. The van der Waals surface area contributed by atoms with Crippen molar-refractivity contribution in [2.45, 2.75) is 18.7 Å². The topological polar surface area (TPSA) is 55.7 Å². The Kier molecular flexibility index (Phi) is 5.43. The van der Waals surface area contributed by atoms with E-state index in [2.05, 4.69) is 9.73 Å². The smallest absolute Gasteiger partial charge is 0.444 e. The number of halogens is 1. The summed E-state index contributed by atoms with van der Waals surface area (Å²) in [5.74, 6) is 0. The minimum absolute atomic E-state index is 0.0715. The summed E-state index contributed by atoms with van der Waals surface area (Å²) >= 11 is 5.59. The van der Waals surface area contributed by atoms with Gasteiger partial charge < -0.3 is 4.74 Å². The first kappa shape index (κ1) is 10.1. The Morgan fingerprint density at radius 1 is 1.82 bits per heavy atom. The molecule has 0 aliphatic carbocycles. The van der Waals surface area contributed by atoms with Crippen LogP contribution in [0.3, 0.4) is 0 Å². The maximum atomic E-state index is 10.4. The van der Waals surface area contributed by atoms with E-state index in [0.29, 0.717) is 6.42 Å². The molecule has 0 bridgehead atoms. The van der Waals surface area contributed by atoms with Gasteiger partial charge in [-0.3, -0.25) is 0 Å². The minimum Gasteiger partial charge on any atom is -0.446 e. The van der Waals surface area contributed by atoms with Gasteiger partial charge in [-0.05, 0) is 6.42 Å². The lowest BCUT2D eigenvalue weighted by molar-refractivity contribution is 0.156. The van der Waals surface area contributed by atoms with Crippen molar-refractivity contribution in [3.63, 3.8) is 0 Å². The quantitative estimate of drug-likeness (QED) is 0.373. The van der Waals surface area contributed by atoms with Gasteiger partial charge in [0.05, 0.1) is 5.38 Å². The van der Waals surface area contributed by atoms with Crippen molar-refractivity contribution in [2.24, 2.45) is 4.99 Å². The van der Waals surface area contributed by atoms with Crippen LogP contribution >= 0.6 is 11.6 Å². The summed E-state index contributed by atoms with van der Waals surface area (Å²) in [6.07, 6.45) is 0.815. The molecule has 0 radical (unpaired) electrons. The third-order valence-electron chi connectivity index (χ3n) is 0.968. The number of hydrogen-bond acceptors (Lipinski definition) is 3. The van der Waals surface area contributed by atoms with Gasteiger partial charge in [-0.2, -0.15) is 0 Å². The number of nitrogens with zero attached hydrogens (tertiary/aromatic N) is 1. The molecule has 0 aromatic heterocycles. The highest BCUT2D eigenvalue weighted by atomic mass is 35.5. The number of amides is 1. The molecule has 1 amide bonds. The van der Waals surface area contributed by atoms with Crippen LogP contribution in [0.1, 0.15) is 13.3 Å². The average Bonchev–Trinajstić information content (AvgIpc) is 2.01. The number of carbonyl (C=O) groups excluding carboxylic acids is 2. The number of hydrogen-bond donors (Lipinski definition) is 0. The summed E-state index contributed by atoms with van der Waals surface area (Å²) in [7, 11) is 0. The molecular weight excluding hydrogens is 170 g/mol. The maximum Gasteiger partial charge on any atom is 0.444 e. The normalized spacial score (nSPS) is 11.5. The van der Waals surface area contributed by atoms with Gasteiger partial charge in [-0.1, -0.05) is 11.9 Å². The number of alkyl halides is 1. The third-order valence-corrected chi connectivity index (χ3v) is 1.40. The van der Waals surface area contributed by atoms with Crippen LogP contribution in [0.25, 0.3) is 0 Å². The Balaban J connectivity index is 3.53. The Bertz CT molecular complexity index is 177. The summed E-state index contributed by atoms with van der Waals surface area (Å²) in [6.45, 7) is 1.93. The molecule has 0 aromatic carbocycles. The summed E-state index contributed by atoms with van der Waals surface area (Å²) in [6, 6.07) is 0. The molecule has 0 spiro atoms. The zero-order valence-corrected chi connectivity index (χ0v) is 6.80. The van der Waals surface area contributed by atoms with Crippen molar-refractivity contribution in [2.75, 3.05) is 6.61 Å². The summed E-state index contributed by atoms with van der Waals surface area (Å²) < 4.78 is 4.44. The van der Waals surface area contributed by atoms with Crippen LogP contribution in [-0.2, 0) is 9.53 Å². The second kappa shape index (κ2) is 5.89. The van der Waals surface area contributed by atoms with Crippen LogP contribution in [0.4, 0.5) is 4.79 Å². The Hall–Kier alpha value is -0.860. The molecule has 1 atom stereocenters. The van der Waals surface area contributed by atoms with Crippen LogP contribution in [0, 0.1) is 0 Å². The highest BCUT2D eigenvalue weighted by molar-refractivity contribution is 6.20. The van der Waals surface area contributed by atoms with Crippen molar-refractivity contribution in [1.29, 1.82) is 0 Å². The van der Waals surface area contributed by atoms with Gasteiger partial charge in [-0.15, -0.1) is 11.6 Å². The van der Waals surface area contributed by atoms with Gasteiger partial charge in [0.25, 0.3) is 0 Å². The second-order valence-corrected chi connectivity index (χ2v) is 2.40. The number of aliphatic imine (C=N–C) groups is 1. The van der Waals surface area contributed by atoms with E-state index in [1.807, 2.05) is 6.92 Å². The lowest BCUT2D eigenvalue weighted by Crippen LogP contribution is -2.10. The molecule has 0 aliphatic rings. The van der Waals surface area contributed by atoms with Crippen LogP contribution < -0.4 is 0 Å². The van der Waals surface area contributed by atoms with Gasteiger partial charge in [0, 0.05) is 0 Å². The van der Waals surface area contributed by atoms with E-state index in [1.54, 1.807) is 0 Å². The maximum absolute atomic E-state index is 10.4. The first-order chi connectivity index (χ1) is 5.20. The Labute approximate surface area is 69.2 Å². The van der Waals surface area contributed by atoms with Crippen molar-refractivity contribution in [3.05, 3.63) is 0 Å². The fraction of sp³-hybridized carbons (Fsp3) is 0.667. The Morgan fingerprint density at radius 2 is 2.45 bits per heavy atom. The zero-order chi connectivity index (χ0) is 8.69. The van der Waals surface area contributed by atoms with E-state index in [9.17, 15) is 9.59 Å². The van der Waals surface area contributed by atoms with Gasteiger partial charge >= 0.3 is 6.09 Å². The summed E-state index contributed by atoms with van der Waals surface area (Å²) in [5.41, 5.74) is 0. The molecule has 5 heteroatoms. The molecule has 62 valence electrons. The van der Waals surface area contributed by atoms with Gasteiger partial charge in [-0.25, -0.2) is 9.59 Å². The van der Waals surface area contributed by atoms with Crippen LogP contribution in [0.5, 0.6) is 0 Å². The van der Waals surface area contributed by atoms with Gasteiger partial charge in [0.1, 0.15) is 6.61 Å². The molecule has 0 saturated heterocycles. The largest absolute Gasteiger partial charge is 0.446 e. The van der Waals surface area contributed by atoms with E-state index in [4.69, 9.17) is 11.6 Å². The number of carbonyl (C=O) groups is 1. The van der Waals surface area contributed by atoms with Gasteiger partial charge in [0.2, 0.25) is 6.08 Å². The van der Waals surface area contributed by atoms with Crippen LogP contribution in [-0.4, -0.2) is 24.2 Å². The SMILES string of the molecule is CCC(Cl)COC(=O)N=C=O. The van der Waals surface area contributed by atoms with E-state index in [1.165, 1.54) is 0 Å². The molecule has 0 fully saturated rings. The third kappa shape index (κ3) is 5.58. The van der Waals surface area contributed by atoms with E-state index < -0.39 is 6.09 Å². The number of rotatable bonds is 3. The first-order valence-corrected chi connectivity index (χ1v) is 3.53. The van der Waals surface area contributed by atoms with Crippen molar-refractivity contribution < 1.29 is 14.3 Å². The predicted molar refractivity (Wildman–Crippen MR) is 39.4 cm³/mol. The summed E-state index contributed by atoms with van der Waals surface area (Å²) in [5, 5.41) is -0.221. The average molecular weight is 178 g/mol. The molecule has 4 nitrogen and oxygen atoms in total. The fourth-order valence-electron chi connectivity index (χ4n) is 0.349. The second-order valence-electron chi connectivity index (χ2n) is 1.79. The molecule has 1 unspecified atom stereocenters. The molecule has 11 heavy (non-hydrogen) atoms.